The molecule has 8 heteroatoms. The predicted octanol–water partition coefficient (Wildman–Crippen LogP) is 4.38. The molecule has 27 heavy (non-hydrogen) atoms. The van der Waals surface area contributed by atoms with Crippen molar-refractivity contribution in [2.45, 2.75) is 12.8 Å². The molecule has 0 bridgehead atoms. The van der Waals surface area contributed by atoms with E-state index in [1.54, 1.807) is 35.5 Å². The number of anilines is 1. The molecular weight excluding hydrogens is 400 g/mol. The fraction of sp³-hybridized carbons (Fsp3) is 0.211. The van der Waals surface area contributed by atoms with Crippen molar-refractivity contribution in [2.24, 2.45) is 0 Å². The average molecular weight is 419 g/mol. The van der Waals surface area contributed by atoms with Crippen LogP contribution in [0.5, 0.6) is 5.75 Å². The molecule has 2 amide bonds. The summed E-state index contributed by atoms with van der Waals surface area (Å²) < 4.78 is 5.76. The van der Waals surface area contributed by atoms with Crippen molar-refractivity contribution in [3.63, 3.8) is 0 Å². The van der Waals surface area contributed by atoms with Crippen molar-refractivity contribution < 1.29 is 14.3 Å². The number of amides is 2. The highest BCUT2D eigenvalue weighted by Gasteiger charge is 2.31. The van der Waals surface area contributed by atoms with Crippen LogP contribution < -0.4 is 10.1 Å². The smallest absolute Gasteiger partial charge is 0.266 e. The topological polar surface area (TPSA) is 58.6 Å². The zero-order valence-electron chi connectivity index (χ0n) is 14.6. The van der Waals surface area contributed by atoms with Gasteiger partial charge >= 0.3 is 0 Å². The first-order chi connectivity index (χ1) is 13.1. The molecule has 140 valence electrons. The van der Waals surface area contributed by atoms with Gasteiger partial charge in [-0.05, 0) is 36.1 Å². The van der Waals surface area contributed by atoms with E-state index < -0.39 is 0 Å². The van der Waals surface area contributed by atoms with Crippen molar-refractivity contribution in [1.29, 1.82) is 0 Å². The van der Waals surface area contributed by atoms with Crippen LogP contribution in [0.15, 0.2) is 46.7 Å². The molecule has 0 unspecified atom stereocenters. The van der Waals surface area contributed by atoms with E-state index >= 15 is 0 Å². The van der Waals surface area contributed by atoms with E-state index in [9.17, 15) is 9.59 Å². The maximum Gasteiger partial charge on any atom is 0.266 e. The quantitative estimate of drug-likeness (QED) is 0.534. The van der Waals surface area contributed by atoms with Gasteiger partial charge in [-0.1, -0.05) is 42.2 Å². The average Bonchev–Trinajstić information content (AvgIpc) is 3.26. The zero-order valence-corrected chi connectivity index (χ0v) is 17.1. The number of nitrogens with zero attached hydrogens (tertiary/aromatic N) is 1. The minimum atomic E-state index is -0.126. The second-order valence-corrected chi connectivity index (χ2v) is 8.36. The number of thioether (sulfide) groups is 1. The number of methoxy groups -OCH3 is 1. The molecule has 2 aromatic rings. The lowest BCUT2D eigenvalue weighted by Crippen LogP contribution is -2.29. The minimum Gasteiger partial charge on any atom is -0.495 e. The highest BCUT2D eigenvalue weighted by molar-refractivity contribution is 8.26. The molecule has 1 aliphatic heterocycles. The van der Waals surface area contributed by atoms with Gasteiger partial charge in [0.1, 0.15) is 10.1 Å². The molecule has 0 radical (unpaired) electrons. The molecule has 1 aliphatic rings. The molecule has 1 aromatic heterocycles. The summed E-state index contributed by atoms with van der Waals surface area (Å²) in [6.45, 7) is 0.422. The third-order valence-corrected chi connectivity index (χ3v) is 6.05. The Kier molecular flexibility index (Phi) is 6.65. The second-order valence-electron chi connectivity index (χ2n) is 5.70. The molecule has 0 saturated carbocycles. The van der Waals surface area contributed by atoms with Crippen LogP contribution in [0.3, 0.4) is 0 Å². The monoisotopic (exact) mass is 418 g/mol. The summed E-state index contributed by atoms with van der Waals surface area (Å²) in [4.78, 5) is 27.9. The van der Waals surface area contributed by atoms with Crippen LogP contribution in [-0.2, 0) is 9.59 Å². The van der Waals surface area contributed by atoms with E-state index in [0.29, 0.717) is 40.0 Å². The highest BCUT2D eigenvalue weighted by Crippen LogP contribution is 2.33. The van der Waals surface area contributed by atoms with Gasteiger partial charge in [0.25, 0.3) is 5.91 Å². The van der Waals surface area contributed by atoms with Crippen LogP contribution in [0.25, 0.3) is 6.08 Å². The number of hydrogen-bond acceptors (Lipinski definition) is 6. The number of carbonyl (C=O) groups excluding carboxylic acids is 2. The second kappa shape index (κ2) is 9.16. The Morgan fingerprint density at radius 2 is 2.11 bits per heavy atom. The molecule has 1 saturated heterocycles. The molecule has 1 fully saturated rings. The van der Waals surface area contributed by atoms with Crippen LogP contribution in [0.2, 0.25) is 0 Å². The molecule has 0 atom stereocenters. The Bertz CT molecular complexity index is 878. The Morgan fingerprint density at radius 1 is 1.30 bits per heavy atom. The van der Waals surface area contributed by atoms with Crippen molar-refractivity contribution in [3.8, 4) is 5.75 Å². The molecular formula is C19H18N2O3S3. The minimum absolute atomic E-state index is 0.0939. The Hall–Kier alpha value is -2.16. The molecule has 2 heterocycles. The van der Waals surface area contributed by atoms with Gasteiger partial charge in [0.2, 0.25) is 5.91 Å². The van der Waals surface area contributed by atoms with E-state index in [0.717, 1.165) is 4.88 Å². The molecule has 0 aliphatic carbocycles. The maximum absolute atomic E-state index is 12.5. The van der Waals surface area contributed by atoms with Gasteiger partial charge in [0.15, 0.2) is 0 Å². The van der Waals surface area contributed by atoms with Crippen LogP contribution >= 0.6 is 35.3 Å². The van der Waals surface area contributed by atoms with Crippen molar-refractivity contribution >= 4 is 63.2 Å². The summed E-state index contributed by atoms with van der Waals surface area (Å²) in [6.07, 6.45) is 2.68. The van der Waals surface area contributed by atoms with E-state index in [1.165, 1.54) is 11.8 Å². The molecule has 5 nitrogen and oxygen atoms in total. The first kappa shape index (κ1) is 19.6. The summed E-state index contributed by atoms with van der Waals surface area (Å²) in [5, 5.41) is 4.80. The van der Waals surface area contributed by atoms with Gasteiger partial charge < -0.3 is 10.1 Å². The number of ether oxygens (including phenoxy) is 1. The van der Waals surface area contributed by atoms with Crippen LogP contribution in [0.4, 0.5) is 5.69 Å². The molecule has 1 N–H and O–H groups in total. The van der Waals surface area contributed by atoms with Crippen molar-refractivity contribution in [3.05, 3.63) is 51.6 Å². The maximum atomic E-state index is 12.5. The third-order valence-electron chi connectivity index (χ3n) is 3.86. The number of thiocarbonyl (C=S) groups is 1. The van der Waals surface area contributed by atoms with Crippen LogP contribution in [0.1, 0.15) is 17.7 Å². The first-order valence-electron chi connectivity index (χ1n) is 8.30. The van der Waals surface area contributed by atoms with Gasteiger partial charge in [-0.3, -0.25) is 14.5 Å². The largest absolute Gasteiger partial charge is 0.495 e. The van der Waals surface area contributed by atoms with E-state index in [-0.39, 0.29) is 11.8 Å². The lowest BCUT2D eigenvalue weighted by atomic mass is 10.2. The summed E-state index contributed by atoms with van der Waals surface area (Å²) in [5.41, 5.74) is 0.634. The fourth-order valence-corrected chi connectivity index (χ4v) is 4.59. The Morgan fingerprint density at radius 3 is 2.85 bits per heavy atom. The van der Waals surface area contributed by atoms with E-state index in [2.05, 4.69) is 5.32 Å². The molecule has 0 spiro atoms. The van der Waals surface area contributed by atoms with Crippen LogP contribution in [-0.4, -0.2) is 34.7 Å². The highest BCUT2D eigenvalue weighted by atomic mass is 32.2. The normalized spacial score (nSPS) is 15.4. The first-order valence-corrected chi connectivity index (χ1v) is 10.4. The van der Waals surface area contributed by atoms with E-state index in [4.69, 9.17) is 17.0 Å². The number of carbonyl (C=O) groups is 2. The summed E-state index contributed by atoms with van der Waals surface area (Å²) in [5.74, 6) is 0.393. The fourth-order valence-electron chi connectivity index (χ4n) is 2.55. The number of rotatable bonds is 7. The molecule has 3 rings (SSSR count). The number of para-hydroxylation sites is 2. The van der Waals surface area contributed by atoms with E-state index in [1.807, 2.05) is 35.7 Å². The van der Waals surface area contributed by atoms with Gasteiger partial charge in [-0.25, -0.2) is 0 Å². The lowest BCUT2D eigenvalue weighted by Gasteiger charge is -2.14. The number of hydrogen-bond donors (Lipinski definition) is 1. The number of nitrogens with one attached hydrogen (secondary N) is 1. The number of thiophene rings is 1. The van der Waals surface area contributed by atoms with Gasteiger partial charge in [0, 0.05) is 17.8 Å². The summed E-state index contributed by atoms with van der Waals surface area (Å²) in [6, 6.07) is 11.1. The zero-order chi connectivity index (χ0) is 19.2. The Balaban J connectivity index is 1.52. The van der Waals surface area contributed by atoms with Gasteiger partial charge in [-0.15, -0.1) is 11.3 Å². The van der Waals surface area contributed by atoms with Crippen molar-refractivity contribution in [2.75, 3.05) is 19.0 Å². The predicted molar refractivity (Wildman–Crippen MR) is 115 cm³/mol. The Labute approximate surface area is 171 Å². The van der Waals surface area contributed by atoms with Gasteiger partial charge in [-0.2, -0.15) is 0 Å². The third kappa shape index (κ3) is 4.97. The van der Waals surface area contributed by atoms with Crippen LogP contribution in [0, 0.1) is 0 Å². The van der Waals surface area contributed by atoms with Gasteiger partial charge in [0.05, 0.1) is 17.7 Å². The standard InChI is InChI=1S/C19H18N2O3S3/c1-24-15-8-3-2-7-14(15)20-17(22)9-4-10-21-18(23)16(27-19(21)25)12-13-6-5-11-26-13/h2-3,5-8,11-12H,4,9-10H2,1H3,(H,20,22). The SMILES string of the molecule is COc1ccccc1NC(=O)CCCN1C(=O)C(=Cc2cccs2)SC1=S. The number of benzene rings is 1. The summed E-state index contributed by atoms with van der Waals surface area (Å²) in [7, 11) is 1.56. The summed E-state index contributed by atoms with van der Waals surface area (Å²) >= 11 is 8.20. The lowest BCUT2D eigenvalue weighted by molar-refractivity contribution is -0.122. The molecule has 1 aromatic carbocycles. The van der Waals surface area contributed by atoms with Crippen molar-refractivity contribution in [1.82, 2.24) is 4.90 Å².